The van der Waals surface area contributed by atoms with E-state index in [0.717, 1.165) is 27.8 Å². The third-order valence-electron chi connectivity index (χ3n) is 4.14. The van der Waals surface area contributed by atoms with Gasteiger partial charge in [-0.3, -0.25) is 4.79 Å². The third-order valence-corrected chi connectivity index (χ3v) is 4.14. The van der Waals surface area contributed by atoms with E-state index in [1.807, 2.05) is 62.4 Å². The van der Waals surface area contributed by atoms with Gasteiger partial charge in [-0.05, 0) is 43.2 Å². The molecule has 0 aliphatic heterocycles. The molecule has 0 saturated carbocycles. The van der Waals surface area contributed by atoms with Crippen LogP contribution in [0, 0.1) is 6.92 Å². The van der Waals surface area contributed by atoms with Gasteiger partial charge in [-0.2, -0.15) is 0 Å². The average Bonchev–Trinajstić information content (AvgIpc) is 2.92. The summed E-state index contributed by atoms with van der Waals surface area (Å²) in [4.78, 5) is 15.8. The number of methoxy groups -OCH3 is 1. The average molecular weight is 308 g/mol. The minimum Gasteiger partial charge on any atom is -0.497 e. The Balaban J connectivity index is 1.88. The molecule has 1 heterocycles. The number of aryl methyl sites for hydroxylation is 1. The Bertz CT molecular complexity index is 837. The number of ether oxygens (including phenoxy) is 1. The first-order chi connectivity index (χ1) is 11.1. The van der Waals surface area contributed by atoms with Crippen molar-refractivity contribution in [1.29, 1.82) is 0 Å². The van der Waals surface area contributed by atoms with Gasteiger partial charge < -0.3 is 15.0 Å². The molecule has 1 amide bonds. The van der Waals surface area contributed by atoms with Crippen LogP contribution in [0.4, 0.5) is 0 Å². The molecule has 3 rings (SSSR count). The summed E-state index contributed by atoms with van der Waals surface area (Å²) in [6.45, 7) is 3.93. The van der Waals surface area contributed by atoms with Gasteiger partial charge in [-0.25, -0.2) is 0 Å². The highest BCUT2D eigenvalue weighted by Gasteiger charge is 2.17. The maximum Gasteiger partial charge on any atom is 0.268 e. The highest BCUT2D eigenvalue weighted by atomic mass is 16.5. The molecule has 2 aromatic carbocycles. The van der Waals surface area contributed by atoms with E-state index >= 15 is 0 Å². The van der Waals surface area contributed by atoms with E-state index in [2.05, 4.69) is 10.3 Å². The van der Waals surface area contributed by atoms with Crippen LogP contribution >= 0.6 is 0 Å². The van der Waals surface area contributed by atoms with Gasteiger partial charge in [0.2, 0.25) is 0 Å². The first kappa shape index (κ1) is 15.2. The molecule has 118 valence electrons. The Morgan fingerprint density at radius 3 is 2.61 bits per heavy atom. The summed E-state index contributed by atoms with van der Waals surface area (Å²) in [6, 6.07) is 15.6. The first-order valence-corrected chi connectivity index (χ1v) is 7.62. The van der Waals surface area contributed by atoms with Crippen LogP contribution < -0.4 is 10.1 Å². The molecule has 3 aromatic rings. The Morgan fingerprint density at radius 2 is 1.91 bits per heavy atom. The van der Waals surface area contributed by atoms with Crippen molar-refractivity contribution in [2.75, 3.05) is 7.11 Å². The zero-order valence-corrected chi connectivity index (χ0v) is 13.5. The normalized spacial score (nSPS) is 12.1. The summed E-state index contributed by atoms with van der Waals surface area (Å²) >= 11 is 0. The fourth-order valence-electron chi connectivity index (χ4n) is 2.75. The lowest BCUT2D eigenvalue weighted by atomic mass is 10.1. The lowest BCUT2D eigenvalue weighted by Gasteiger charge is -2.14. The Kier molecular flexibility index (Phi) is 4.06. The summed E-state index contributed by atoms with van der Waals surface area (Å²) in [6.07, 6.45) is 0. The second kappa shape index (κ2) is 6.16. The monoisotopic (exact) mass is 308 g/mol. The number of carbonyl (C=O) groups excluding carboxylic acids is 1. The van der Waals surface area contributed by atoms with Gasteiger partial charge in [0, 0.05) is 10.9 Å². The quantitative estimate of drug-likeness (QED) is 0.766. The van der Waals surface area contributed by atoms with Crippen molar-refractivity contribution in [1.82, 2.24) is 10.3 Å². The molecular weight excluding hydrogens is 288 g/mol. The Labute approximate surface area is 135 Å². The lowest BCUT2D eigenvalue weighted by Crippen LogP contribution is -2.27. The number of hydrogen-bond acceptors (Lipinski definition) is 2. The van der Waals surface area contributed by atoms with Crippen molar-refractivity contribution in [2.45, 2.75) is 19.9 Å². The predicted octanol–water partition coefficient (Wildman–Crippen LogP) is 3.98. The van der Waals surface area contributed by atoms with E-state index in [4.69, 9.17) is 4.74 Å². The molecule has 0 unspecified atom stereocenters. The van der Waals surface area contributed by atoms with Gasteiger partial charge >= 0.3 is 0 Å². The Morgan fingerprint density at radius 1 is 1.17 bits per heavy atom. The zero-order valence-electron chi connectivity index (χ0n) is 13.5. The van der Waals surface area contributed by atoms with Crippen molar-refractivity contribution in [3.8, 4) is 5.75 Å². The number of hydrogen-bond donors (Lipinski definition) is 2. The number of benzene rings is 2. The number of fused-ring (bicyclic) bond motifs is 1. The van der Waals surface area contributed by atoms with Crippen LogP contribution in [0.5, 0.6) is 5.75 Å². The van der Waals surface area contributed by atoms with Crippen molar-refractivity contribution < 1.29 is 9.53 Å². The fraction of sp³-hybridized carbons (Fsp3) is 0.211. The van der Waals surface area contributed by atoms with Crippen molar-refractivity contribution >= 4 is 16.8 Å². The van der Waals surface area contributed by atoms with Crippen LogP contribution in [0.25, 0.3) is 10.9 Å². The molecule has 4 nitrogen and oxygen atoms in total. The SMILES string of the molecule is COc1ccc2[nH]c(C(=O)N[C@H](C)c3ccccc3)c(C)c2c1. The molecule has 0 aliphatic carbocycles. The minimum atomic E-state index is -0.103. The number of aromatic nitrogens is 1. The number of carbonyl (C=O) groups is 1. The number of aromatic amines is 1. The van der Waals surface area contributed by atoms with Crippen LogP contribution in [0.3, 0.4) is 0 Å². The maximum atomic E-state index is 12.6. The topological polar surface area (TPSA) is 54.1 Å². The van der Waals surface area contributed by atoms with Crippen LogP contribution in [-0.4, -0.2) is 18.0 Å². The molecule has 0 aliphatic rings. The van der Waals surface area contributed by atoms with Crippen molar-refractivity contribution in [2.24, 2.45) is 0 Å². The molecular formula is C19H20N2O2. The van der Waals surface area contributed by atoms with Gasteiger partial charge in [0.15, 0.2) is 0 Å². The number of amides is 1. The van der Waals surface area contributed by atoms with Gasteiger partial charge in [0.05, 0.1) is 13.2 Å². The van der Waals surface area contributed by atoms with E-state index in [9.17, 15) is 4.79 Å². The van der Waals surface area contributed by atoms with E-state index in [0.29, 0.717) is 5.69 Å². The molecule has 23 heavy (non-hydrogen) atoms. The van der Waals surface area contributed by atoms with Gasteiger partial charge in [-0.1, -0.05) is 30.3 Å². The van der Waals surface area contributed by atoms with E-state index in [1.54, 1.807) is 7.11 Å². The summed E-state index contributed by atoms with van der Waals surface area (Å²) in [7, 11) is 1.64. The molecule has 0 bridgehead atoms. The van der Waals surface area contributed by atoms with Crippen LogP contribution in [0.15, 0.2) is 48.5 Å². The fourth-order valence-corrected chi connectivity index (χ4v) is 2.75. The Hall–Kier alpha value is -2.75. The number of rotatable bonds is 4. The van der Waals surface area contributed by atoms with E-state index < -0.39 is 0 Å². The third kappa shape index (κ3) is 2.93. The summed E-state index contributed by atoms with van der Waals surface area (Å²) in [5, 5.41) is 4.04. The molecule has 0 radical (unpaired) electrons. The highest BCUT2D eigenvalue weighted by molar-refractivity contribution is 6.01. The molecule has 1 atom stereocenters. The number of nitrogens with one attached hydrogen (secondary N) is 2. The van der Waals surface area contributed by atoms with E-state index in [-0.39, 0.29) is 11.9 Å². The summed E-state index contributed by atoms with van der Waals surface area (Å²) in [5.74, 6) is 0.679. The summed E-state index contributed by atoms with van der Waals surface area (Å²) < 4.78 is 5.25. The minimum absolute atomic E-state index is 0.0518. The molecule has 2 N–H and O–H groups in total. The van der Waals surface area contributed by atoms with Crippen molar-refractivity contribution in [3.05, 3.63) is 65.4 Å². The lowest BCUT2D eigenvalue weighted by molar-refractivity contribution is 0.0935. The predicted molar refractivity (Wildman–Crippen MR) is 91.9 cm³/mol. The van der Waals surface area contributed by atoms with Crippen LogP contribution in [0.1, 0.15) is 34.6 Å². The largest absolute Gasteiger partial charge is 0.497 e. The standard InChI is InChI=1S/C19H20N2O2/c1-12-16-11-15(23-3)9-10-17(16)21-18(12)19(22)20-13(2)14-7-5-4-6-8-14/h4-11,13,21H,1-3H3,(H,20,22)/t13-/m1/s1. The van der Waals surface area contributed by atoms with Gasteiger partial charge in [-0.15, -0.1) is 0 Å². The maximum absolute atomic E-state index is 12.6. The molecule has 0 spiro atoms. The van der Waals surface area contributed by atoms with Gasteiger partial charge in [0.25, 0.3) is 5.91 Å². The zero-order chi connectivity index (χ0) is 16.4. The second-order valence-corrected chi connectivity index (χ2v) is 5.64. The smallest absolute Gasteiger partial charge is 0.268 e. The van der Waals surface area contributed by atoms with Crippen molar-refractivity contribution in [3.63, 3.8) is 0 Å². The molecule has 0 saturated heterocycles. The van der Waals surface area contributed by atoms with Crippen LogP contribution in [0.2, 0.25) is 0 Å². The van der Waals surface area contributed by atoms with Gasteiger partial charge in [0.1, 0.15) is 11.4 Å². The molecule has 0 fully saturated rings. The van der Waals surface area contributed by atoms with E-state index in [1.165, 1.54) is 0 Å². The number of H-pyrrole nitrogens is 1. The molecule has 1 aromatic heterocycles. The highest BCUT2D eigenvalue weighted by Crippen LogP contribution is 2.26. The summed E-state index contributed by atoms with van der Waals surface area (Å²) in [5.41, 5.74) is 3.53. The second-order valence-electron chi connectivity index (χ2n) is 5.64. The first-order valence-electron chi connectivity index (χ1n) is 7.62. The molecule has 4 heteroatoms. The van der Waals surface area contributed by atoms with Crippen LogP contribution in [-0.2, 0) is 0 Å².